The molecule has 0 spiro atoms. The van der Waals surface area contributed by atoms with Crippen molar-refractivity contribution in [1.82, 2.24) is 9.88 Å². The molecule has 1 amide bonds. The van der Waals surface area contributed by atoms with E-state index in [0.717, 1.165) is 6.42 Å². The van der Waals surface area contributed by atoms with Crippen molar-refractivity contribution in [1.29, 1.82) is 0 Å². The summed E-state index contributed by atoms with van der Waals surface area (Å²) < 4.78 is 5.42. The molecule has 0 aromatic carbocycles. The highest BCUT2D eigenvalue weighted by Crippen LogP contribution is 2.20. The van der Waals surface area contributed by atoms with Gasteiger partial charge in [0.1, 0.15) is 5.69 Å². The molecule has 1 aromatic rings. The van der Waals surface area contributed by atoms with E-state index in [1.807, 2.05) is 6.92 Å². The molecule has 1 N–H and O–H groups in total. The Morgan fingerprint density at radius 2 is 2.26 bits per heavy atom. The molecule has 6 nitrogen and oxygen atoms in total. The zero-order valence-corrected chi connectivity index (χ0v) is 10.9. The third kappa shape index (κ3) is 2.58. The third-order valence-electron chi connectivity index (χ3n) is 3.39. The van der Waals surface area contributed by atoms with Crippen LogP contribution >= 0.6 is 0 Å². The van der Waals surface area contributed by atoms with Crippen LogP contribution in [0.5, 0.6) is 0 Å². The van der Waals surface area contributed by atoms with Crippen LogP contribution in [-0.2, 0) is 4.74 Å². The van der Waals surface area contributed by atoms with Crippen LogP contribution in [0.1, 0.15) is 34.2 Å². The summed E-state index contributed by atoms with van der Waals surface area (Å²) in [5.41, 5.74) is -0.109. The van der Waals surface area contributed by atoms with Crippen molar-refractivity contribution in [2.24, 2.45) is 0 Å². The molecule has 2 atom stereocenters. The van der Waals surface area contributed by atoms with Gasteiger partial charge in [0.2, 0.25) is 0 Å². The molecule has 1 saturated heterocycles. The van der Waals surface area contributed by atoms with Crippen LogP contribution in [0.15, 0.2) is 18.3 Å². The fraction of sp³-hybridized carbons (Fsp3) is 0.462. The maximum absolute atomic E-state index is 12.3. The molecule has 19 heavy (non-hydrogen) atoms. The molecule has 2 heterocycles. The van der Waals surface area contributed by atoms with Crippen LogP contribution in [0.25, 0.3) is 0 Å². The first-order valence-corrected chi connectivity index (χ1v) is 6.09. The molecule has 1 aliphatic heterocycles. The maximum Gasteiger partial charge on any atom is 0.338 e. The number of pyridine rings is 1. The second kappa shape index (κ2) is 5.36. The van der Waals surface area contributed by atoms with Crippen LogP contribution in [0.3, 0.4) is 0 Å². The number of hydrogen-bond donors (Lipinski definition) is 1. The van der Waals surface area contributed by atoms with Crippen LogP contribution < -0.4 is 0 Å². The zero-order valence-electron chi connectivity index (χ0n) is 10.9. The highest BCUT2D eigenvalue weighted by Gasteiger charge is 2.32. The van der Waals surface area contributed by atoms with Crippen molar-refractivity contribution < 1.29 is 19.4 Å². The molecule has 2 unspecified atom stereocenters. The van der Waals surface area contributed by atoms with Gasteiger partial charge < -0.3 is 14.7 Å². The lowest BCUT2D eigenvalue weighted by molar-refractivity contribution is 0.0560. The van der Waals surface area contributed by atoms with Crippen molar-refractivity contribution in [2.45, 2.75) is 25.5 Å². The second-order valence-electron chi connectivity index (χ2n) is 4.55. The zero-order chi connectivity index (χ0) is 14.0. The number of rotatable bonds is 3. The molecule has 0 saturated carbocycles. The molecule has 6 heteroatoms. The van der Waals surface area contributed by atoms with E-state index < -0.39 is 5.97 Å². The molecule has 2 rings (SSSR count). The number of ether oxygens (including phenoxy) is 1. The molecule has 0 radical (unpaired) electrons. The number of hydrogen-bond acceptors (Lipinski definition) is 4. The Labute approximate surface area is 111 Å². The number of carbonyl (C=O) groups excluding carboxylic acids is 1. The standard InChI is InChI=1S/C13H16N2O4/c1-8-10(5-7-19-8)15(2)12(16)11-9(13(17)18)4-3-6-14-11/h3-4,6,8,10H,5,7H2,1-2H3,(H,17,18). The number of likely N-dealkylation sites (N-methyl/N-ethyl adjacent to an activating group) is 1. The quantitative estimate of drug-likeness (QED) is 0.882. The van der Waals surface area contributed by atoms with Gasteiger partial charge in [0.05, 0.1) is 17.7 Å². The summed E-state index contributed by atoms with van der Waals surface area (Å²) in [6.45, 7) is 2.51. The summed E-state index contributed by atoms with van der Waals surface area (Å²) in [5, 5.41) is 9.08. The minimum atomic E-state index is -1.15. The second-order valence-corrected chi connectivity index (χ2v) is 4.55. The van der Waals surface area contributed by atoms with E-state index in [1.54, 1.807) is 7.05 Å². The van der Waals surface area contributed by atoms with Crippen LogP contribution in [-0.4, -0.2) is 52.7 Å². The van der Waals surface area contributed by atoms with Gasteiger partial charge in [-0.15, -0.1) is 0 Å². The van der Waals surface area contributed by atoms with Crippen molar-refractivity contribution >= 4 is 11.9 Å². The highest BCUT2D eigenvalue weighted by atomic mass is 16.5. The van der Waals surface area contributed by atoms with Gasteiger partial charge in [0, 0.05) is 19.9 Å². The summed E-state index contributed by atoms with van der Waals surface area (Å²) >= 11 is 0. The van der Waals surface area contributed by atoms with Gasteiger partial charge in [-0.25, -0.2) is 4.79 Å². The monoisotopic (exact) mass is 264 g/mol. The molecule has 1 fully saturated rings. The van der Waals surface area contributed by atoms with Gasteiger partial charge in [-0.1, -0.05) is 0 Å². The lowest BCUT2D eigenvalue weighted by Gasteiger charge is -2.26. The largest absolute Gasteiger partial charge is 0.478 e. The van der Waals surface area contributed by atoms with Gasteiger partial charge >= 0.3 is 5.97 Å². The fourth-order valence-corrected chi connectivity index (χ4v) is 2.29. The lowest BCUT2D eigenvalue weighted by Crippen LogP contribution is -2.41. The lowest BCUT2D eigenvalue weighted by atomic mass is 10.1. The first kappa shape index (κ1) is 13.5. The Balaban J connectivity index is 2.26. The van der Waals surface area contributed by atoms with E-state index in [9.17, 15) is 9.59 Å². The average molecular weight is 264 g/mol. The number of carboxylic acid groups (broad SMARTS) is 1. The Bertz CT molecular complexity index is 503. The first-order chi connectivity index (χ1) is 9.02. The van der Waals surface area contributed by atoms with E-state index in [-0.39, 0.29) is 29.3 Å². The predicted octanol–water partition coefficient (Wildman–Crippen LogP) is 1.03. The number of carboxylic acids is 1. The SMILES string of the molecule is CC1OCCC1N(C)C(=O)c1ncccc1C(=O)O. The number of aromatic carboxylic acids is 1. The fourth-order valence-electron chi connectivity index (χ4n) is 2.29. The Morgan fingerprint density at radius 3 is 2.84 bits per heavy atom. The van der Waals surface area contributed by atoms with Gasteiger partial charge in [-0.05, 0) is 25.5 Å². The molecular formula is C13H16N2O4. The van der Waals surface area contributed by atoms with Gasteiger partial charge in [0.25, 0.3) is 5.91 Å². The van der Waals surface area contributed by atoms with E-state index in [1.165, 1.54) is 23.2 Å². The van der Waals surface area contributed by atoms with E-state index in [4.69, 9.17) is 9.84 Å². The topological polar surface area (TPSA) is 79.7 Å². The van der Waals surface area contributed by atoms with E-state index >= 15 is 0 Å². The van der Waals surface area contributed by atoms with Gasteiger partial charge in [-0.3, -0.25) is 9.78 Å². The summed E-state index contributed by atoms with van der Waals surface area (Å²) in [6.07, 6.45) is 2.12. The third-order valence-corrected chi connectivity index (χ3v) is 3.39. The van der Waals surface area contributed by atoms with Crippen molar-refractivity contribution in [2.75, 3.05) is 13.7 Å². The number of amides is 1. The minimum absolute atomic E-state index is 0.0309. The molecule has 1 aromatic heterocycles. The van der Waals surface area contributed by atoms with E-state index in [2.05, 4.69) is 4.98 Å². The molecule has 0 aliphatic carbocycles. The predicted molar refractivity (Wildman–Crippen MR) is 67.1 cm³/mol. The van der Waals surface area contributed by atoms with Crippen LogP contribution in [0, 0.1) is 0 Å². The van der Waals surface area contributed by atoms with Crippen LogP contribution in [0.2, 0.25) is 0 Å². The number of aromatic nitrogens is 1. The Morgan fingerprint density at radius 1 is 1.53 bits per heavy atom. The minimum Gasteiger partial charge on any atom is -0.478 e. The number of carbonyl (C=O) groups is 2. The maximum atomic E-state index is 12.3. The average Bonchev–Trinajstić information content (AvgIpc) is 2.83. The van der Waals surface area contributed by atoms with E-state index in [0.29, 0.717) is 6.61 Å². The summed E-state index contributed by atoms with van der Waals surface area (Å²) in [4.78, 5) is 28.9. The summed E-state index contributed by atoms with van der Waals surface area (Å²) in [5.74, 6) is -1.54. The molecule has 0 bridgehead atoms. The van der Waals surface area contributed by atoms with Crippen molar-refractivity contribution in [3.8, 4) is 0 Å². The Kier molecular flexibility index (Phi) is 3.80. The molecular weight excluding hydrogens is 248 g/mol. The molecule has 102 valence electrons. The Hall–Kier alpha value is -1.95. The van der Waals surface area contributed by atoms with Crippen molar-refractivity contribution in [3.63, 3.8) is 0 Å². The first-order valence-electron chi connectivity index (χ1n) is 6.09. The molecule has 1 aliphatic rings. The van der Waals surface area contributed by atoms with Gasteiger partial charge in [0.15, 0.2) is 0 Å². The van der Waals surface area contributed by atoms with Crippen molar-refractivity contribution in [3.05, 3.63) is 29.6 Å². The summed E-state index contributed by atoms with van der Waals surface area (Å²) in [7, 11) is 1.65. The summed E-state index contributed by atoms with van der Waals surface area (Å²) in [6, 6.07) is 2.84. The normalized spacial score (nSPS) is 22.2. The number of nitrogens with zero attached hydrogens (tertiary/aromatic N) is 2. The smallest absolute Gasteiger partial charge is 0.338 e. The van der Waals surface area contributed by atoms with Crippen LogP contribution in [0.4, 0.5) is 0 Å². The van der Waals surface area contributed by atoms with Gasteiger partial charge in [-0.2, -0.15) is 0 Å². The highest BCUT2D eigenvalue weighted by molar-refractivity contribution is 6.03.